The molecule has 0 amide bonds. The van der Waals surface area contributed by atoms with E-state index in [4.69, 9.17) is 35.3 Å². The Hall–Kier alpha value is -3.82. The van der Waals surface area contributed by atoms with Crippen LogP contribution in [-0.4, -0.2) is 39.2 Å². The molecule has 0 N–H and O–H groups in total. The van der Waals surface area contributed by atoms with Gasteiger partial charge in [0.1, 0.15) is 5.75 Å². The molecule has 36 heavy (non-hydrogen) atoms. The fourth-order valence-corrected chi connectivity index (χ4v) is 3.98. The van der Waals surface area contributed by atoms with E-state index in [1.807, 2.05) is 0 Å². The van der Waals surface area contributed by atoms with Crippen molar-refractivity contribution < 1.29 is 33.3 Å². The van der Waals surface area contributed by atoms with Gasteiger partial charge in [-0.1, -0.05) is 39.7 Å². The fourth-order valence-electron chi connectivity index (χ4n) is 3.39. The molecule has 0 unspecified atom stereocenters. The van der Waals surface area contributed by atoms with Gasteiger partial charge in [0.25, 0.3) is 0 Å². The molecule has 0 atom stereocenters. The predicted octanol–water partition coefficient (Wildman–Crippen LogP) is 5.69. The van der Waals surface area contributed by atoms with Crippen LogP contribution in [0.25, 0.3) is 6.08 Å². The van der Waals surface area contributed by atoms with Crippen LogP contribution >= 0.6 is 27.5 Å². The highest BCUT2D eigenvalue weighted by atomic mass is 79.9. The van der Waals surface area contributed by atoms with E-state index < -0.39 is 11.9 Å². The molecule has 3 aromatic carbocycles. The van der Waals surface area contributed by atoms with Crippen LogP contribution in [0.15, 0.2) is 69.8 Å². The second-order valence-corrected chi connectivity index (χ2v) is 8.62. The number of cyclic esters (lactones) is 1. The SMILES string of the molecule is COc1cc(C(=O)Oc2ccc(Br)cc2/C=C2\N=C(c3ccccc3Cl)OC2=O)cc(OC)c1OC. The lowest BCUT2D eigenvalue weighted by molar-refractivity contribution is -0.129. The van der Waals surface area contributed by atoms with Gasteiger partial charge in [-0.25, -0.2) is 14.6 Å². The normalized spacial score (nSPS) is 13.8. The molecule has 0 saturated carbocycles. The minimum Gasteiger partial charge on any atom is -0.493 e. The Bertz CT molecular complexity index is 1390. The lowest BCUT2D eigenvalue weighted by atomic mass is 10.1. The fraction of sp³-hybridized carbons (Fsp3) is 0.115. The molecule has 1 heterocycles. The molecule has 1 aliphatic heterocycles. The average molecular weight is 573 g/mol. The third-order valence-electron chi connectivity index (χ3n) is 5.09. The highest BCUT2D eigenvalue weighted by Gasteiger charge is 2.26. The summed E-state index contributed by atoms with van der Waals surface area (Å²) in [7, 11) is 4.36. The molecular weight excluding hydrogens is 554 g/mol. The number of aliphatic imine (C=N–C) groups is 1. The molecule has 1 aliphatic rings. The van der Waals surface area contributed by atoms with Gasteiger partial charge in [0.2, 0.25) is 11.6 Å². The molecule has 0 spiro atoms. The molecule has 3 aromatic rings. The van der Waals surface area contributed by atoms with E-state index in [9.17, 15) is 9.59 Å². The summed E-state index contributed by atoms with van der Waals surface area (Å²) in [5, 5.41) is 0.396. The van der Waals surface area contributed by atoms with Crippen molar-refractivity contribution in [1.82, 2.24) is 0 Å². The van der Waals surface area contributed by atoms with Crippen LogP contribution < -0.4 is 18.9 Å². The maximum absolute atomic E-state index is 13.0. The van der Waals surface area contributed by atoms with Gasteiger partial charge in [-0.3, -0.25) is 0 Å². The summed E-state index contributed by atoms with van der Waals surface area (Å²) in [5.74, 6) is -0.106. The summed E-state index contributed by atoms with van der Waals surface area (Å²) in [4.78, 5) is 29.8. The van der Waals surface area contributed by atoms with Crippen molar-refractivity contribution in [2.45, 2.75) is 0 Å². The van der Waals surface area contributed by atoms with Crippen molar-refractivity contribution in [2.75, 3.05) is 21.3 Å². The first-order valence-corrected chi connectivity index (χ1v) is 11.6. The summed E-state index contributed by atoms with van der Waals surface area (Å²) in [6.45, 7) is 0. The van der Waals surface area contributed by atoms with E-state index in [-0.39, 0.29) is 22.9 Å². The summed E-state index contributed by atoms with van der Waals surface area (Å²) >= 11 is 9.60. The van der Waals surface area contributed by atoms with Crippen LogP contribution in [0.4, 0.5) is 0 Å². The first-order chi connectivity index (χ1) is 17.3. The quantitative estimate of drug-likeness (QED) is 0.204. The molecule has 10 heteroatoms. The minimum absolute atomic E-state index is 0.0214. The van der Waals surface area contributed by atoms with Crippen molar-refractivity contribution in [3.63, 3.8) is 0 Å². The van der Waals surface area contributed by atoms with Crippen LogP contribution in [0.2, 0.25) is 5.02 Å². The Labute approximate surface area is 220 Å². The molecular formula is C26H19BrClNO7. The minimum atomic E-state index is -0.675. The average Bonchev–Trinajstić information content (AvgIpc) is 3.24. The highest BCUT2D eigenvalue weighted by Crippen LogP contribution is 2.38. The Morgan fingerprint density at radius 1 is 0.972 bits per heavy atom. The van der Waals surface area contributed by atoms with E-state index in [1.54, 1.807) is 42.5 Å². The van der Waals surface area contributed by atoms with E-state index in [2.05, 4.69) is 20.9 Å². The number of hydrogen-bond donors (Lipinski definition) is 0. The van der Waals surface area contributed by atoms with Gasteiger partial charge in [-0.15, -0.1) is 0 Å². The summed E-state index contributed by atoms with van der Waals surface area (Å²) in [5.41, 5.74) is 1.10. The maximum atomic E-state index is 13.0. The molecule has 8 nitrogen and oxygen atoms in total. The van der Waals surface area contributed by atoms with Crippen LogP contribution in [0, 0.1) is 0 Å². The molecule has 184 valence electrons. The monoisotopic (exact) mass is 571 g/mol. The number of benzene rings is 3. The van der Waals surface area contributed by atoms with Gasteiger partial charge in [0, 0.05) is 10.0 Å². The van der Waals surface area contributed by atoms with Gasteiger partial charge in [0.05, 0.1) is 37.5 Å². The van der Waals surface area contributed by atoms with E-state index in [0.717, 1.165) is 0 Å². The number of nitrogens with zero attached hydrogens (tertiary/aromatic N) is 1. The second-order valence-electron chi connectivity index (χ2n) is 7.30. The third-order valence-corrected chi connectivity index (χ3v) is 5.91. The van der Waals surface area contributed by atoms with Gasteiger partial charge in [0.15, 0.2) is 17.2 Å². The number of carbonyl (C=O) groups is 2. The van der Waals surface area contributed by atoms with Gasteiger partial charge in [-0.2, -0.15) is 0 Å². The number of methoxy groups -OCH3 is 3. The topological polar surface area (TPSA) is 92.7 Å². The largest absolute Gasteiger partial charge is 0.493 e. The number of rotatable bonds is 7. The standard InChI is InChI=1S/C26H19BrClNO7/c1-32-21-12-15(13-22(33-2)23(21)34-3)25(30)35-20-9-8-16(27)10-14(20)11-19-26(31)36-24(29-19)17-6-4-5-7-18(17)28/h4-13H,1-3H3/b19-11-. The van der Waals surface area contributed by atoms with Gasteiger partial charge in [-0.05, 0) is 48.5 Å². The van der Waals surface area contributed by atoms with Crippen LogP contribution in [0.1, 0.15) is 21.5 Å². The van der Waals surface area contributed by atoms with Gasteiger partial charge < -0.3 is 23.7 Å². The number of halogens is 2. The Kier molecular flexibility index (Phi) is 7.61. The third kappa shape index (κ3) is 5.22. The number of esters is 2. The van der Waals surface area contributed by atoms with Crippen molar-refractivity contribution in [1.29, 1.82) is 0 Å². The first-order valence-electron chi connectivity index (χ1n) is 10.4. The maximum Gasteiger partial charge on any atom is 0.363 e. The second kappa shape index (κ2) is 10.8. The van der Waals surface area contributed by atoms with Crippen molar-refractivity contribution in [2.24, 2.45) is 4.99 Å². The van der Waals surface area contributed by atoms with E-state index in [1.165, 1.54) is 39.5 Å². The van der Waals surface area contributed by atoms with Crippen LogP contribution in [0.3, 0.4) is 0 Å². The summed E-state index contributed by atoms with van der Waals surface area (Å²) in [6.07, 6.45) is 1.47. The molecule has 0 aromatic heterocycles. The predicted molar refractivity (Wildman–Crippen MR) is 137 cm³/mol. The number of ether oxygens (including phenoxy) is 5. The lowest BCUT2D eigenvalue weighted by Gasteiger charge is -2.14. The van der Waals surface area contributed by atoms with Crippen LogP contribution in [0.5, 0.6) is 23.0 Å². The molecule has 0 aliphatic carbocycles. The number of carbonyl (C=O) groups excluding carboxylic acids is 2. The van der Waals surface area contributed by atoms with E-state index >= 15 is 0 Å². The molecule has 4 rings (SSSR count). The molecule has 0 radical (unpaired) electrons. The molecule has 0 saturated heterocycles. The zero-order valence-corrected chi connectivity index (χ0v) is 21.7. The van der Waals surface area contributed by atoms with Gasteiger partial charge >= 0.3 is 11.9 Å². The number of hydrogen-bond acceptors (Lipinski definition) is 8. The lowest BCUT2D eigenvalue weighted by Crippen LogP contribution is -2.10. The molecule has 0 bridgehead atoms. The Morgan fingerprint density at radius 3 is 2.31 bits per heavy atom. The highest BCUT2D eigenvalue weighted by molar-refractivity contribution is 9.10. The van der Waals surface area contributed by atoms with Crippen molar-refractivity contribution >= 4 is 51.4 Å². The van der Waals surface area contributed by atoms with Crippen molar-refractivity contribution in [3.05, 3.63) is 86.5 Å². The van der Waals surface area contributed by atoms with Crippen molar-refractivity contribution in [3.8, 4) is 23.0 Å². The smallest absolute Gasteiger partial charge is 0.363 e. The summed E-state index contributed by atoms with van der Waals surface area (Å²) in [6, 6.07) is 14.8. The summed E-state index contributed by atoms with van der Waals surface area (Å²) < 4.78 is 27.6. The van der Waals surface area contributed by atoms with Crippen LogP contribution in [-0.2, 0) is 9.53 Å². The Balaban J connectivity index is 1.68. The Morgan fingerprint density at radius 2 is 1.67 bits per heavy atom. The zero-order valence-electron chi connectivity index (χ0n) is 19.3. The molecule has 0 fully saturated rings. The zero-order chi connectivity index (χ0) is 25.8. The first kappa shape index (κ1) is 25.3. The van der Waals surface area contributed by atoms with E-state index in [0.29, 0.717) is 37.9 Å².